The van der Waals surface area contributed by atoms with Gasteiger partial charge in [0.2, 0.25) is 10.0 Å². The number of ether oxygens (including phenoxy) is 1. The van der Waals surface area contributed by atoms with E-state index in [4.69, 9.17) is 27.9 Å². The zero-order valence-corrected chi connectivity index (χ0v) is 14.9. The minimum absolute atomic E-state index is 0.0220. The number of benzene rings is 2. The van der Waals surface area contributed by atoms with Crippen LogP contribution < -0.4 is 4.72 Å². The molecule has 0 aromatic heterocycles. The average Bonchev–Trinajstić information content (AvgIpc) is 2.54. The Morgan fingerprint density at radius 2 is 1.70 bits per heavy atom. The summed E-state index contributed by atoms with van der Waals surface area (Å²) in [6.45, 7) is 3.30. The van der Waals surface area contributed by atoms with E-state index >= 15 is 0 Å². The van der Waals surface area contributed by atoms with Crippen molar-refractivity contribution < 1.29 is 13.2 Å². The molecule has 2 rings (SSSR count). The molecule has 0 atom stereocenters. The van der Waals surface area contributed by atoms with E-state index in [-0.39, 0.29) is 21.5 Å². The van der Waals surface area contributed by atoms with E-state index in [1.54, 1.807) is 12.1 Å². The van der Waals surface area contributed by atoms with Crippen molar-refractivity contribution in [2.75, 3.05) is 6.61 Å². The Hall–Kier alpha value is -1.11. The molecule has 124 valence electrons. The van der Waals surface area contributed by atoms with E-state index in [1.165, 1.54) is 6.07 Å². The van der Waals surface area contributed by atoms with E-state index in [0.29, 0.717) is 13.2 Å². The van der Waals surface area contributed by atoms with Gasteiger partial charge >= 0.3 is 0 Å². The zero-order chi connectivity index (χ0) is 16.9. The van der Waals surface area contributed by atoms with E-state index in [9.17, 15) is 8.42 Å². The van der Waals surface area contributed by atoms with Gasteiger partial charge in [0.15, 0.2) is 0 Å². The quantitative estimate of drug-likeness (QED) is 0.797. The molecule has 23 heavy (non-hydrogen) atoms. The predicted molar refractivity (Wildman–Crippen MR) is 92.3 cm³/mol. The highest BCUT2D eigenvalue weighted by Crippen LogP contribution is 2.28. The third kappa shape index (κ3) is 4.93. The topological polar surface area (TPSA) is 55.4 Å². The molecule has 2 aromatic carbocycles. The van der Waals surface area contributed by atoms with Crippen LogP contribution in [0.15, 0.2) is 47.4 Å². The van der Waals surface area contributed by atoms with Crippen LogP contribution in [-0.2, 0) is 27.9 Å². The molecule has 0 spiro atoms. The Kier molecular flexibility index (Phi) is 6.44. The van der Waals surface area contributed by atoms with Crippen LogP contribution in [0.1, 0.15) is 18.1 Å². The minimum atomic E-state index is -3.73. The fraction of sp³-hybridized carbons (Fsp3) is 0.250. The summed E-state index contributed by atoms with van der Waals surface area (Å²) in [5.74, 6) is 0. The highest BCUT2D eigenvalue weighted by Gasteiger charge is 2.19. The Labute approximate surface area is 146 Å². The van der Waals surface area contributed by atoms with Crippen LogP contribution in [0.2, 0.25) is 10.0 Å². The second-order valence-corrected chi connectivity index (χ2v) is 7.35. The maximum atomic E-state index is 12.3. The molecular weight excluding hydrogens is 357 g/mol. The molecule has 0 aliphatic heterocycles. The zero-order valence-electron chi connectivity index (χ0n) is 12.6. The Balaban J connectivity index is 2.06. The van der Waals surface area contributed by atoms with E-state index < -0.39 is 10.0 Å². The molecule has 0 aliphatic carbocycles. The van der Waals surface area contributed by atoms with Crippen LogP contribution in [0.4, 0.5) is 0 Å². The van der Waals surface area contributed by atoms with Crippen molar-refractivity contribution in [3.8, 4) is 0 Å². The minimum Gasteiger partial charge on any atom is -0.377 e. The lowest BCUT2D eigenvalue weighted by Gasteiger charge is -2.10. The van der Waals surface area contributed by atoms with Crippen molar-refractivity contribution in [3.63, 3.8) is 0 Å². The number of rotatable bonds is 7. The Morgan fingerprint density at radius 1 is 1.04 bits per heavy atom. The van der Waals surface area contributed by atoms with E-state index in [1.807, 2.05) is 31.2 Å². The molecule has 0 aliphatic rings. The summed E-state index contributed by atoms with van der Waals surface area (Å²) in [5.41, 5.74) is 1.88. The molecular formula is C16H17Cl2NO3S. The van der Waals surface area contributed by atoms with Crippen molar-refractivity contribution in [1.29, 1.82) is 0 Å². The van der Waals surface area contributed by atoms with Crippen molar-refractivity contribution >= 4 is 33.2 Å². The van der Waals surface area contributed by atoms with Crippen LogP contribution in [0, 0.1) is 0 Å². The first-order chi connectivity index (χ1) is 10.9. The number of sulfonamides is 1. The van der Waals surface area contributed by atoms with Crippen LogP contribution in [-0.4, -0.2) is 15.0 Å². The maximum absolute atomic E-state index is 12.3. The Bertz CT molecular complexity index is 761. The molecule has 0 heterocycles. The molecule has 0 radical (unpaired) electrons. The van der Waals surface area contributed by atoms with Crippen molar-refractivity contribution in [3.05, 3.63) is 63.6 Å². The number of nitrogens with one attached hydrogen (secondary N) is 1. The van der Waals surface area contributed by atoms with Crippen molar-refractivity contribution in [1.82, 2.24) is 4.72 Å². The first kappa shape index (κ1) is 18.2. The largest absolute Gasteiger partial charge is 0.377 e. The molecule has 2 aromatic rings. The first-order valence-corrected chi connectivity index (χ1v) is 9.27. The lowest BCUT2D eigenvalue weighted by atomic mass is 10.1. The van der Waals surface area contributed by atoms with Gasteiger partial charge in [-0.15, -0.1) is 0 Å². The fourth-order valence-corrected chi connectivity index (χ4v) is 3.70. The Morgan fingerprint density at radius 3 is 2.35 bits per heavy atom. The summed E-state index contributed by atoms with van der Waals surface area (Å²) >= 11 is 11.8. The summed E-state index contributed by atoms with van der Waals surface area (Å²) in [6, 6.07) is 12.0. The van der Waals surface area contributed by atoms with Gasteiger partial charge in [-0.3, -0.25) is 0 Å². The number of hydrogen-bond acceptors (Lipinski definition) is 3. The highest BCUT2D eigenvalue weighted by molar-refractivity contribution is 7.89. The van der Waals surface area contributed by atoms with Crippen LogP contribution >= 0.6 is 23.2 Å². The van der Waals surface area contributed by atoms with Gasteiger partial charge in [-0.05, 0) is 30.2 Å². The SMILES string of the molecule is CCOCc1ccc(CNS(=O)(=O)c2cccc(Cl)c2Cl)cc1. The van der Waals surface area contributed by atoms with E-state index in [2.05, 4.69) is 4.72 Å². The molecule has 0 amide bonds. The van der Waals surface area contributed by atoms with Gasteiger partial charge in [0.25, 0.3) is 0 Å². The number of halogens is 2. The van der Waals surface area contributed by atoms with Crippen molar-refractivity contribution in [2.24, 2.45) is 0 Å². The number of hydrogen-bond donors (Lipinski definition) is 1. The van der Waals surface area contributed by atoms with Gasteiger partial charge < -0.3 is 4.74 Å². The van der Waals surface area contributed by atoms with Gasteiger partial charge in [0.05, 0.1) is 16.7 Å². The predicted octanol–water partition coefficient (Wildman–Crippen LogP) is 4.01. The van der Waals surface area contributed by atoms with Gasteiger partial charge in [-0.25, -0.2) is 13.1 Å². The summed E-state index contributed by atoms with van der Waals surface area (Å²) in [4.78, 5) is -0.0281. The maximum Gasteiger partial charge on any atom is 0.242 e. The smallest absolute Gasteiger partial charge is 0.242 e. The van der Waals surface area contributed by atoms with Crippen LogP contribution in [0.5, 0.6) is 0 Å². The average molecular weight is 374 g/mol. The molecule has 0 unspecified atom stereocenters. The molecule has 0 saturated carbocycles. The first-order valence-electron chi connectivity index (χ1n) is 7.03. The lowest BCUT2D eigenvalue weighted by molar-refractivity contribution is 0.134. The summed E-state index contributed by atoms with van der Waals surface area (Å²) in [7, 11) is -3.73. The third-order valence-corrected chi connectivity index (χ3v) is 5.54. The summed E-state index contributed by atoms with van der Waals surface area (Å²) < 4.78 is 32.5. The summed E-state index contributed by atoms with van der Waals surface area (Å²) in [6.07, 6.45) is 0. The highest BCUT2D eigenvalue weighted by atomic mass is 35.5. The third-order valence-electron chi connectivity index (χ3n) is 3.17. The van der Waals surface area contributed by atoms with Gasteiger partial charge in [0, 0.05) is 13.2 Å². The van der Waals surface area contributed by atoms with Crippen molar-refractivity contribution in [2.45, 2.75) is 25.0 Å². The fourth-order valence-electron chi connectivity index (χ4n) is 1.92. The molecule has 0 bridgehead atoms. The monoisotopic (exact) mass is 373 g/mol. The summed E-state index contributed by atoms with van der Waals surface area (Å²) in [5, 5.41) is 0.226. The molecule has 7 heteroatoms. The molecule has 1 N–H and O–H groups in total. The molecule has 0 fully saturated rings. The second-order valence-electron chi connectivity index (χ2n) is 4.83. The van der Waals surface area contributed by atoms with Crippen LogP contribution in [0.3, 0.4) is 0 Å². The molecule has 4 nitrogen and oxygen atoms in total. The normalized spacial score (nSPS) is 11.6. The van der Waals surface area contributed by atoms with E-state index in [0.717, 1.165) is 11.1 Å². The standard InChI is InChI=1S/C16H17Cl2NO3S/c1-2-22-11-13-8-6-12(7-9-13)10-19-23(20,21)15-5-3-4-14(17)16(15)18/h3-9,19H,2,10-11H2,1H3. The second kappa shape index (κ2) is 8.13. The van der Waals surface area contributed by atoms with Gasteiger partial charge in [-0.2, -0.15) is 0 Å². The van der Waals surface area contributed by atoms with Crippen LogP contribution in [0.25, 0.3) is 0 Å². The van der Waals surface area contributed by atoms with Gasteiger partial charge in [-0.1, -0.05) is 53.5 Å². The molecule has 0 saturated heterocycles. The van der Waals surface area contributed by atoms with Gasteiger partial charge in [0.1, 0.15) is 4.90 Å². The lowest BCUT2D eigenvalue weighted by Crippen LogP contribution is -2.23.